The van der Waals surface area contributed by atoms with E-state index in [0.29, 0.717) is 22.4 Å². The summed E-state index contributed by atoms with van der Waals surface area (Å²) in [5, 5.41) is 6.67. The Labute approximate surface area is 118 Å². The fraction of sp³-hybridized carbons (Fsp3) is 0.500. The van der Waals surface area contributed by atoms with Gasteiger partial charge < -0.3 is 15.4 Å². The minimum absolute atomic E-state index is 0.00377. The number of halogens is 1. The molecule has 5 heteroatoms. The van der Waals surface area contributed by atoms with Crippen molar-refractivity contribution in [2.45, 2.75) is 25.8 Å². The molecule has 0 spiro atoms. The Morgan fingerprint density at radius 1 is 1.53 bits per heavy atom. The van der Waals surface area contributed by atoms with Crippen LogP contribution in [0.25, 0.3) is 0 Å². The molecule has 0 saturated carbocycles. The lowest BCUT2D eigenvalue weighted by atomic mass is 9.94. The van der Waals surface area contributed by atoms with Crippen molar-refractivity contribution in [3.05, 3.63) is 23.2 Å². The zero-order chi connectivity index (χ0) is 13.8. The molecule has 2 atom stereocenters. The summed E-state index contributed by atoms with van der Waals surface area (Å²) in [5.41, 5.74) is 0.700. The lowest BCUT2D eigenvalue weighted by molar-refractivity contribution is -0.119. The fourth-order valence-electron chi connectivity index (χ4n) is 2.27. The summed E-state index contributed by atoms with van der Waals surface area (Å²) < 4.78 is 5.13. The van der Waals surface area contributed by atoms with Crippen molar-refractivity contribution < 1.29 is 9.53 Å². The fourth-order valence-corrected chi connectivity index (χ4v) is 2.47. The van der Waals surface area contributed by atoms with Gasteiger partial charge in [-0.3, -0.25) is 4.79 Å². The lowest BCUT2D eigenvalue weighted by Crippen LogP contribution is -2.45. The number of methoxy groups -OCH3 is 1. The van der Waals surface area contributed by atoms with Crippen LogP contribution in [0.4, 0.5) is 5.69 Å². The van der Waals surface area contributed by atoms with Gasteiger partial charge in [-0.2, -0.15) is 0 Å². The first-order valence-corrected chi connectivity index (χ1v) is 6.85. The molecule has 19 heavy (non-hydrogen) atoms. The minimum atomic E-state index is -0.120. The largest absolute Gasteiger partial charge is 0.495 e. The summed E-state index contributed by atoms with van der Waals surface area (Å²) in [6, 6.07) is 5.10. The van der Waals surface area contributed by atoms with Gasteiger partial charge in [0.05, 0.1) is 18.2 Å². The van der Waals surface area contributed by atoms with Crippen LogP contribution in [0, 0.1) is 5.92 Å². The van der Waals surface area contributed by atoms with E-state index >= 15 is 0 Å². The number of hydrogen-bond acceptors (Lipinski definition) is 3. The van der Waals surface area contributed by atoms with Crippen LogP contribution < -0.4 is 15.4 Å². The van der Waals surface area contributed by atoms with E-state index in [-0.39, 0.29) is 11.9 Å². The monoisotopic (exact) mass is 282 g/mol. The second kappa shape index (κ2) is 6.26. The van der Waals surface area contributed by atoms with Gasteiger partial charge in [-0.1, -0.05) is 18.5 Å². The zero-order valence-corrected chi connectivity index (χ0v) is 12.0. The van der Waals surface area contributed by atoms with Gasteiger partial charge >= 0.3 is 0 Å². The van der Waals surface area contributed by atoms with Crippen LogP contribution >= 0.6 is 11.6 Å². The summed E-state index contributed by atoms with van der Waals surface area (Å²) in [5.74, 6) is 1.14. The van der Waals surface area contributed by atoms with Crippen molar-refractivity contribution in [2.75, 3.05) is 19.0 Å². The van der Waals surface area contributed by atoms with Crippen molar-refractivity contribution in [2.24, 2.45) is 5.92 Å². The van der Waals surface area contributed by atoms with Gasteiger partial charge in [0, 0.05) is 11.8 Å². The molecule has 1 amide bonds. The molecule has 104 valence electrons. The molecule has 1 aromatic carbocycles. The Bertz CT molecular complexity index is 465. The molecule has 4 nitrogen and oxygen atoms in total. The molecule has 1 saturated heterocycles. The summed E-state index contributed by atoms with van der Waals surface area (Å²) >= 11 is 5.95. The van der Waals surface area contributed by atoms with Gasteiger partial charge in [0.15, 0.2) is 0 Å². The van der Waals surface area contributed by atoms with E-state index in [1.807, 2.05) is 0 Å². The second-order valence-electron chi connectivity index (χ2n) is 4.97. The summed E-state index contributed by atoms with van der Waals surface area (Å²) in [4.78, 5) is 12.2. The van der Waals surface area contributed by atoms with E-state index < -0.39 is 0 Å². The maximum Gasteiger partial charge on any atom is 0.241 e. The molecule has 1 heterocycles. The van der Waals surface area contributed by atoms with E-state index in [9.17, 15) is 4.79 Å². The van der Waals surface area contributed by atoms with E-state index in [1.165, 1.54) is 0 Å². The lowest BCUT2D eigenvalue weighted by Gasteiger charge is -2.27. The second-order valence-corrected chi connectivity index (χ2v) is 5.38. The number of rotatable bonds is 3. The number of nitrogens with one attached hydrogen (secondary N) is 2. The maximum atomic E-state index is 12.2. The van der Waals surface area contributed by atoms with E-state index in [2.05, 4.69) is 17.6 Å². The van der Waals surface area contributed by atoms with Crippen LogP contribution in [0.5, 0.6) is 5.75 Å². The Hall–Kier alpha value is -1.26. The third-order valence-corrected chi connectivity index (χ3v) is 3.71. The van der Waals surface area contributed by atoms with Gasteiger partial charge in [-0.25, -0.2) is 0 Å². The Kier molecular flexibility index (Phi) is 4.66. The molecule has 1 aliphatic rings. The van der Waals surface area contributed by atoms with Crippen LogP contribution in [0.1, 0.15) is 19.8 Å². The standard InChI is InChI=1S/C14H19ClN2O2/c1-9-5-6-16-12(7-9)14(18)17-10-3-4-11(15)13(8-10)19-2/h3-4,8-9,12,16H,5-7H2,1-2H3,(H,17,18). The Morgan fingerprint density at radius 2 is 2.32 bits per heavy atom. The molecule has 0 aromatic heterocycles. The smallest absolute Gasteiger partial charge is 0.241 e. The SMILES string of the molecule is COc1cc(NC(=O)C2CC(C)CCN2)ccc1Cl. The number of ether oxygens (including phenoxy) is 1. The van der Waals surface area contributed by atoms with Crippen LogP contribution in [-0.2, 0) is 4.79 Å². The first-order valence-electron chi connectivity index (χ1n) is 6.48. The van der Waals surface area contributed by atoms with Gasteiger partial charge in [0.25, 0.3) is 0 Å². The topological polar surface area (TPSA) is 50.4 Å². The van der Waals surface area contributed by atoms with Crippen LogP contribution in [0.2, 0.25) is 5.02 Å². The highest BCUT2D eigenvalue weighted by atomic mass is 35.5. The molecule has 2 unspecified atom stereocenters. The normalized spacial score (nSPS) is 22.9. The quantitative estimate of drug-likeness (QED) is 0.896. The molecule has 1 fully saturated rings. The van der Waals surface area contributed by atoms with Crippen molar-refractivity contribution in [1.29, 1.82) is 0 Å². The Balaban J connectivity index is 2.02. The first-order chi connectivity index (χ1) is 9.10. The van der Waals surface area contributed by atoms with E-state index in [4.69, 9.17) is 16.3 Å². The Morgan fingerprint density at radius 3 is 3.00 bits per heavy atom. The summed E-state index contributed by atoms with van der Waals surface area (Å²) in [7, 11) is 1.55. The summed E-state index contributed by atoms with van der Waals surface area (Å²) in [6.45, 7) is 3.07. The number of carbonyl (C=O) groups is 1. The molecule has 0 bridgehead atoms. The third kappa shape index (κ3) is 3.61. The molecule has 1 aromatic rings. The van der Waals surface area contributed by atoms with Crippen molar-refractivity contribution >= 4 is 23.2 Å². The zero-order valence-electron chi connectivity index (χ0n) is 11.2. The number of piperidine rings is 1. The molecule has 2 rings (SSSR count). The van der Waals surface area contributed by atoms with Crippen molar-refractivity contribution in [3.8, 4) is 5.75 Å². The highest BCUT2D eigenvalue weighted by Crippen LogP contribution is 2.27. The number of amides is 1. The predicted octanol–water partition coefficient (Wildman–Crippen LogP) is 2.68. The van der Waals surface area contributed by atoms with Crippen LogP contribution in [-0.4, -0.2) is 25.6 Å². The van der Waals surface area contributed by atoms with Crippen LogP contribution in [0.15, 0.2) is 18.2 Å². The number of carbonyl (C=O) groups excluding carboxylic acids is 1. The molecular weight excluding hydrogens is 264 g/mol. The predicted molar refractivity (Wildman–Crippen MR) is 76.8 cm³/mol. The average molecular weight is 283 g/mol. The number of hydrogen-bond donors (Lipinski definition) is 2. The average Bonchev–Trinajstić information content (AvgIpc) is 2.41. The van der Waals surface area contributed by atoms with E-state index in [1.54, 1.807) is 25.3 Å². The van der Waals surface area contributed by atoms with Crippen LogP contribution in [0.3, 0.4) is 0 Å². The summed E-state index contributed by atoms with van der Waals surface area (Å²) in [6.07, 6.45) is 2.00. The number of anilines is 1. The highest BCUT2D eigenvalue weighted by Gasteiger charge is 2.24. The third-order valence-electron chi connectivity index (χ3n) is 3.40. The van der Waals surface area contributed by atoms with Crippen molar-refractivity contribution in [3.63, 3.8) is 0 Å². The van der Waals surface area contributed by atoms with Gasteiger partial charge in [-0.05, 0) is 37.4 Å². The molecule has 0 radical (unpaired) electrons. The molecule has 2 N–H and O–H groups in total. The highest BCUT2D eigenvalue weighted by molar-refractivity contribution is 6.32. The molecular formula is C14H19ClN2O2. The van der Waals surface area contributed by atoms with Gasteiger partial charge in [-0.15, -0.1) is 0 Å². The van der Waals surface area contributed by atoms with Crippen molar-refractivity contribution in [1.82, 2.24) is 5.32 Å². The molecule has 1 aliphatic heterocycles. The van der Waals surface area contributed by atoms with Gasteiger partial charge in [0.1, 0.15) is 5.75 Å². The van der Waals surface area contributed by atoms with E-state index in [0.717, 1.165) is 19.4 Å². The number of benzene rings is 1. The van der Waals surface area contributed by atoms with Gasteiger partial charge in [0.2, 0.25) is 5.91 Å². The first kappa shape index (κ1) is 14.2. The molecule has 0 aliphatic carbocycles. The minimum Gasteiger partial charge on any atom is -0.495 e. The maximum absolute atomic E-state index is 12.2.